The Kier molecular flexibility index (Phi) is 7.26. The quantitative estimate of drug-likeness (QED) is 0.208. The molecule has 0 saturated heterocycles. The Hall–Kier alpha value is -4.01. The standard InChI is InChI=1S/C29H24ClFN4O2S/c1-16-2-4-17(5-3-16)8-13-22-25(28(32)36)23(35-34-22)14-18-6-10-20(11-7-18)33-29(37)27-26(30)21-12-9-19(31)15-24(21)38-27/h2-7,9-12,15H,8,13-14H2,1H3,(H2,32,36)(H,33,37)(H,34,35). The lowest BCUT2D eigenvalue weighted by atomic mass is 10.0. The van der Waals surface area contributed by atoms with Crippen molar-refractivity contribution in [2.24, 2.45) is 5.73 Å². The number of aromatic nitrogens is 2. The molecule has 5 aromatic rings. The van der Waals surface area contributed by atoms with Crippen LogP contribution in [0.4, 0.5) is 10.1 Å². The fourth-order valence-corrected chi connectivity index (χ4v) is 5.76. The molecule has 3 aromatic carbocycles. The topological polar surface area (TPSA) is 101 Å². The number of fused-ring (bicyclic) bond motifs is 1. The second-order valence-corrected chi connectivity index (χ2v) is 10.5. The van der Waals surface area contributed by atoms with Crippen LogP contribution in [0.1, 0.15) is 48.1 Å². The first kappa shape index (κ1) is 25.6. The normalized spacial score (nSPS) is 11.1. The van der Waals surface area contributed by atoms with Gasteiger partial charge in [0.05, 0.1) is 22.0 Å². The van der Waals surface area contributed by atoms with Crippen molar-refractivity contribution in [3.05, 3.63) is 116 Å². The molecule has 0 radical (unpaired) electrons. The van der Waals surface area contributed by atoms with E-state index in [0.29, 0.717) is 55.5 Å². The molecule has 0 aliphatic carbocycles. The first-order chi connectivity index (χ1) is 18.3. The van der Waals surface area contributed by atoms with Crippen LogP contribution < -0.4 is 11.1 Å². The highest BCUT2D eigenvalue weighted by Crippen LogP contribution is 2.36. The molecule has 4 N–H and O–H groups in total. The smallest absolute Gasteiger partial charge is 0.267 e. The van der Waals surface area contributed by atoms with Gasteiger partial charge in [-0.2, -0.15) is 5.10 Å². The number of carbonyl (C=O) groups excluding carboxylic acids is 2. The van der Waals surface area contributed by atoms with Gasteiger partial charge in [-0.1, -0.05) is 53.6 Å². The fraction of sp³-hybridized carbons (Fsp3) is 0.138. The van der Waals surface area contributed by atoms with Crippen LogP contribution >= 0.6 is 22.9 Å². The predicted octanol–water partition coefficient (Wildman–Crippen LogP) is 6.45. The molecule has 5 rings (SSSR count). The van der Waals surface area contributed by atoms with Gasteiger partial charge in [0.15, 0.2) is 0 Å². The second-order valence-electron chi connectivity index (χ2n) is 9.09. The monoisotopic (exact) mass is 546 g/mol. The molecular weight excluding hydrogens is 523 g/mol. The van der Waals surface area contributed by atoms with Gasteiger partial charge in [-0.15, -0.1) is 11.3 Å². The summed E-state index contributed by atoms with van der Waals surface area (Å²) in [7, 11) is 0. The molecule has 0 fully saturated rings. The van der Waals surface area contributed by atoms with Crippen molar-refractivity contribution in [1.82, 2.24) is 10.2 Å². The van der Waals surface area contributed by atoms with E-state index in [0.717, 1.165) is 28.9 Å². The highest BCUT2D eigenvalue weighted by Gasteiger charge is 2.20. The van der Waals surface area contributed by atoms with E-state index in [2.05, 4.69) is 39.8 Å². The largest absolute Gasteiger partial charge is 0.365 e. The Bertz CT molecular complexity index is 1640. The zero-order valence-electron chi connectivity index (χ0n) is 20.5. The number of carbonyl (C=O) groups is 2. The highest BCUT2D eigenvalue weighted by atomic mass is 35.5. The summed E-state index contributed by atoms with van der Waals surface area (Å²) < 4.78 is 14.2. The van der Waals surface area contributed by atoms with Crippen molar-refractivity contribution in [1.29, 1.82) is 0 Å². The molecule has 6 nitrogen and oxygen atoms in total. The number of hydrogen-bond donors (Lipinski definition) is 3. The van der Waals surface area contributed by atoms with Gasteiger partial charge in [0, 0.05) is 22.2 Å². The van der Waals surface area contributed by atoms with Crippen molar-refractivity contribution in [3.63, 3.8) is 0 Å². The second kappa shape index (κ2) is 10.8. The van der Waals surface area contributed by atoms with Crippen molar-refractivity contribution < 1.29 is 14.0 Å². The number of thiophene rings is 1. The van der Waals surface area contributed by atoms with Gasteiger partial charge in [-0.05, 0) is 61.2 Å². The molecule has 2 amide bonds. The molecule has 38 heavy (non-hydrogen) atoms. The van der Waals surface area contributed by atoms with Gasteiger partial charge in [0.25, 0.3) is 11.8 Å². The van der Waals surface area contributed by atoms with Gasteiger partial charge in [-0.25, -0.2) is 4.39 Å². The summed E-state index contributed by atoms with van der Waals surface area (Å²) in [5.41, 5.74) is 11.3. The first-order valence-electron chi connectivity index (χ1n) is 12.0. The summed E-state index contributed by atoms with van der Waals surface area (Å²) in [5, 5.41) is 11.1. The SMILES string of the molecule is Cc1ccc(CCc2n[nH]c(Cc3ccc(NC(=O)c4sc5cc(F)ccc5c4Cl)cc3)c2C(N)=O)cc1. The van der Waals surface area contributed by atoms with Crippen LogP contribution in [0.15, 0.2) is 66.7 Å². The third-order valence-corrected chi connectivity index (χ3v) is 7.98. The fourth-order valence-electron chi connectivity index (χ4n) is 4.32. The minimum Gasteiger partial charge on any atom is -0.365 e. The molecule has 0 aliphatic heterocycles. The Balaban J connectivity index is 1.27. The summed E-state index contributed by atoms with van der Waals surface area (Å²) in [6, 6.07) is 19.8. The Morgan fingerprint density at radius 3 is 2.45 bits per heavy atom. The molecule has 192 valence electrons. The molecule has 0 bridgehead atoms. The number of nitrogens with one attached hydrogen (secondary N) is 2. The van der Waals surface area contributed by atoms with Gasteiger partial charge in [-0.3, -0.25) is 14.7 Å². The third-order valence-electron chi connectivity index (χ3n) is 6.32. The van der Waals surface area contributed by atoms with E-state index < -0.39 is 5.91 Å². The van der Waals surface area contributed by atoms with Crippen LogP contribution in [0, 0.1) is 12.7 Å². The number of hydrogen-bond acceptors (Lipinski definition) is 4. The number of halogens is 2. The van der Waals surface area contributed by atoms with Gasteiger partial charge in [0.2, 0.25) is 0 Å². The summed E-state index contributed by atoms with van der Waals surface area (Å²) in [6.45, 7) is 2.04. The Labute approximate surface area is 227 Å². The lowest BCUT2D eigenvalue weighted by molar-refractivity contribution is 0.0996. The zero-order valence-corrected chi connectivity index (χ0v) is 22.0. The summed E-state index contributed by atoms with van der Waals surface area (Å²) in [5.74, 6) is -1.27. The predicted molar refractivity (Wildman–Crippen MR) is 150 cm³/mol. The first-order valence-corrected chi connectivity index (χ1v) is 13.2. The number of rotatable bonds is 8. The molecule has 0 aliphatic rings. The van der Waals surface area contributed by atoms with Crippen LogP contribution in [0.25, 0.3) is 10.1 Å². The van der Waals surface area contributed by atoms with Crippen LogP contribution in [-0.4, -0.2) is 22.0 Å². The Morgan fingerprint density at radius 1 is 1.03 bits per heavy atom. The Morgan fingerprint density at radius 2 is 1.74 bits per heavy atom. The van der Waals surface area contributed by atoms with E-state index >= 15 is 0 Å². The average Bonchev–Trinajstić information content (AvgIpc) is 3.45. The van der Waals surface area contributed by atoms with E-state index in [1.54, 1.807) is 18.2 Å². The number of anilines is 1. The average molecular weight is 547 g/mol. The number of H-pyrrole nitrogens is 1. The van der Waals surface area contributed by atoms with E-state index in [-0.39, 0.29) is 11.7 Å². The van der Waals surface area contributed by atoms with Crippen LogP contribution in [0.5, 0.6) is 0 Å². The van der Waals surface area contributed by atoms with E-state index in [4.69, 9.17) is 17.3 Å². The van der Waals surface area contributed by atoms with Crippen LogP contribution in [-0.2, 0) is 19.3 Å². The minimum absolute atomic E-state index is 0.301. The lowest BCUT2D eigenvalue weighted by Crippen LogP contribution is -2.15. The van der Waals surface area contributed by atoms with Crippen molar-refractivity contribution >= 4 is 50.5 Å². The van der Waals surface area contributed by atoms with Crippen molar-refractivity contribution in [3.8, 4) is 0 Å². The van der Waals surface area contributed by atoms with Gasteiger partial charge >= 0.3 is 0 Å². The van der Waals surface area contributed by atoms with Crippen LogP contribution in [0.2, 0.25) is 5.02 Å². The number of nitrogens with zero attached hydrogens (tertiary/aromatic N) is 1. The minimum atomic E-state index is -0.517. The molecule has 9 heteroatoms. The number of benzene rings is 3. The number of aromatic amines is 1. The number of primary amides is 1. The molecule has 0 unspecified atom stereocenters. The highest BCUT2D eigenvalue weighted by molar-refractivity contribution is 7.21. The maximum atomic E-state index is 13.5. The molecular formula is C29H24ClFN4O2S. The maximum Gasteiger partial charge on any atom is 0.267 e. The van der Waals surface area contributed by atoms with E-state index in [9.17, 15) is 14.0 Å². The number of nitrogens with two attached hydrogens (primary N) is 1. The lowest BCUT2D eigenvalue weighted by Gasteiger charge is -2.07. The maximum absolute atomic E-state index is 13.5. The summed E-state index contributed by atoms with van der Waals surface area (Å²) >= 11 is 7.51. The molecule has 2 aromatic heterocycles. The van der Waals surface area contributed by atoms with Gasteiger partial charge in [0.1, 0.15) is 10.7 Å². The number of amides is 2. The van der Waals surface area contributed by atoms with Crippen molar-refractivity contribution in [2.45, 2.75) is 26.2 Å². The molecule has 0 atom stereocenters. The van der Waals surface area contributed by atoms with Gasteiger partial charge < -0.3 is 11.1 Å². The van der Waals surface area contributed by atoms with E-state index in [1.807, 2.05) is 19.1 Å². The summed E-state index contributed by atoms with van der Waals surface area (Å²) in [4.78, 5) is 25.4. The molecule has 0 spiro atoms. The van der Waals surface area contributed by atoms with Crippen molar-refractivity contribution in [2.75, 3.05) is 5.32 Å². The van der Waals surface area contributed by atoms with E-state index in [1.165, 1.54) is 17.7 Å². The number of aryl methyl sites for hydroxylation is 3. The molecule has 2 heterocycles. The third kappa shape index (κ3) is 5.46. The molecule has 0 saturated carbocycles. The summed E-state index contributed by atoms with van der Waals surface area (Å²) in [6.07, 6.45) is 1.77. The van der Waals surface area contributed by atoms with Crippen LogP contribution in [0.3, 0.4) is 0 Å². The zero-order chi connectivity index (χ0) is 26.8.